The number of carbonyl (C=O) groups is 1. The van der Waals surface area contributed by atoms with Gasteiger partial charge in [0, 0.05) is 29.9 Å². The van der Waals surface area contributed by atoms with Gasteiger partial charge in [0.1, 0.15) is 11.4 Å². The second-order valence-electron chi connectivity index (χ2n) is 6.75. The van der Waals surface area contributed by atoms with Gasteiger partial charge < -0.3 is 10.2 Å². The lowest BCUT2D eigenvalue weighted by Crippen LogP contribution is -2.35. The molecule has 1 aromatic carbocycles. The van der Waals surface area contributed by atoms with Crippen molar-refractivity contribution in [2.45, 2.75) is 33.2 Å². The number of amides is 1. The van der Waals surface area contributed by atoms with Gasteiger partial charge in [0.15, 0.2) is 0 Å². The summed E-state index contributed by atoms with van der Waals surface area (Å²) in [5, 5.41) is 3.38. The van der Waals surface area contributed by atoms with Crippen LogP contribution in [-0.2, 0) is 6.54 Å². The molecule has 0 saturated carbocycles. The highest BCUT2D eigenvalue weighted by atomic mass is 35.5. The Labute approximate surface area is 177 Å². The Morgan fingerprint density at radius 3 is 2.79 bits per heavy atom. The summed E-state index contributed by atoms with van der Waals surface area (Å²) < 4.78 is 1.44. The molecule has 0 atom stereocenters. The molecule has 1 N–H and O–H groups in total. The smallest absolute Gasteiger partial charge is 0.266 e. The molecular weight excluding hydrogens is 388 g/mol. The van der Waals surface area contributed by atoms with E-state index < -0.39 is 11.5 Å². The van der Waals surface area contributed by atoms with E-state index in [0.29, 0.717) is 23.0 Å². The highest BCUT2D eigenvalue weighted by molar-refractivity contribution is 6.30. The van der Waals surface area contributed by atoms with Gasteiger partial charge in [0.25, 0.3) is 11.5 Å². The third-order valence-corrected chi connectivity index (χ3v) is 4.85. The van der Waals surface area contributed by atoms with Crippen molar-refractivity contribution in [1.82, 2.24) is 19.8 Å². The van der Waals surface area contributed by atoms with Crippen molar-refractivity contribution in [3.8, 4) is 11.4 Å². The first-order valence-corrected chi connectivity index (χ1v) is 10.4. The summed E-state index contributed by atoms with van der Waals surface area (Å²) in [4.78, 5) is 32.2. The number of rotatable bonds is 11. The van der Waals surface area contributed by atoms with Gasteiger partial charge >= 0.3 is 0 Å². The molecule has 2 rings (SSSR count). The highest BCUT2D eigenvalue weighted by Crippen LogP contribution is 2.20. The summed E-state index contributed by atoms with van der Waals surface area (Å²) in [6.07, 6.45) is 4.87. The van der Waals surface area contributed by atoms with Crippen molar-refractivity contribution in [2.75, 3.05) is 26.2 Å². The second kappa shape index (κ2) is 11.5. The van der Waals surface area contributed by atoms with Crippen LogP contribution in [0.25, 0.3) is 11.4 Å². The average molecular weight is 417 g/mol. The first-order valence-electron chi connectivity index (χ1n) is 9.99. The Morgan fingerprint density at radius 2 is 2.14 bits per heavy atom. The molecule has 0 aliphatic heterocycles. The van der Waals surface area contributed by atoms with Crippen LogP contribution in [0, 0.1) is 0 Å². The molecule has 0 aliphatic rings. The third kappa shape index (κ3) is 6.27. The second-order valence-corrected chi connectivity index (χ2v) is 7.19. The number of carbonyl (C=O) groups excluding carboxylic acids is 1. The van der Waals surface area contributed by atoms with Crippen molar-refractivity contribution in [2.24, 2.45) is 0 Å². The molecule has 7 heteroatoms. The minimum Gasteiger partial charge on any atom is -0.352 e. The van der Waals surface area contributed by atoms with Crippen molar-refractivity contribution in [1.29, 1.82) is 0 Å². The molecular formula is C22H29ClN4O2. The van der Waals surface area contributed by atoms with Crippen LogP contribution < -0.4 is 10.9 Å². The largest absolute Gasteiger partial charge is 0.352 e. The van der Waals surface area contributed by atoms with E-state index in [1.807, 2.05) is 6.07 Å². The fraction of sp³-hybridized carbons (Fsp3) is 0.409. The summed E-state index contributed by atoms with van der Waals surface area (Å²) in [7, 11) is 0. The number of aromatic nitrogens is 2. The maximum absolute atomic E-state index is 12.9. The maximum atomic E-state index is 12.9. The fourth-order valence-corrected chi connectivity index (χ4v) is 3.34. The average Bonchev–Trinajstić information content (AvgIpc) is 2.71. The van der Waals surface area contributed by atoms with Crippen LogP contribution >= 0.6 is 11.6 Å². The minimum absolute atomic E-state index is 0.0264. The van der Waals surface area contributed by atoms with Gasteiger partial charge in [-0.15, -0.1) is 6.58 Å². The topological polar surface area (TPSA) is 67.2 Å². The summed E-state index contributed by atoms with van der Waals surface area (Å²) in [5.41, 5.74) is 0.339. The van der Waals surface area contributed by atoms with Crippen LogP contribution in [0.1, 0.15) is 37.0 Å². The zero-order chi connectivity index (χ0) is 21.2. The number of benzene rings is 1. The van der Waals surface area contributed by atoms with Crippen molar-refractivity contribution in [3.63, 3.8) is 0 Å². The Balaban J connectivity index is 2.15. The lowest BCUT2D eigenvalue weighted by molar-refractivity contribution is 0.0949. The van der Waals surface area contributed by atoms with Crippen LogP contribution in [0.4, 0.5) is 0 Å². The molecule has 156 valence electrons. The highest BCUT2D eigenvalue weighted by Gasteiger charge is 2.17. The van der Waals surface area contributed by atoms with E-state index in [2.05, 4.69) is 35.6 Å². The molecule has 0 fully saturated rings. The zero-order valence-electron chi connectivity index (χ0n) is 17.2. The lowest BCUT2D eigenvalue weighted by atomic mass is 10.2. The molecule has 29 heavy (non-hydrogen) atoms. The van der Waals surface area contributed by atoms with E-state index in [0.717, 1.165) is 32.5 Å². The molecule has 0 radical (unpaired) electrons. The van der Waals surface area contributed by atoms with Gasteiger partial charge in [0.05, 0.1) is 0 Å². The quantitative estimate of drug-likeness (QED) is 0.449. The van der Waals surface area contributed by atoms with Crippen molar-refractivity contribution in [3.05, 3.63) is 64.1 Å². The van der Waals surface area contributed by atoms with E-state index in [-0.39, 0.29) is 12.1 Å². The van der Waals surface area contributed by atoms with Crippen molar-refractivity contribution >= 4 is 17.5 Å². The predicted molar refractivity (Wildman–Crippen MR) is 118 cm³/mol. The van der Waals surface area contributed by atoms with Gasteiger partial charge in [-0.1, -0.05) is 43.7 Å². The van der Waals surface area contributed by atoms with E-state index in [9.17, 15) is 9.59 Å². The molecule has 0 aliphatic carbocycles. The summed E-state index contributed by atoms with van der Waals surface area (Å²) in [5.74, 6) is 0.0450. The SMILES string of the molecule is C=CCn1c(-c2cccc(Cl)c2)ncc(C(=O)NCCCN(CC)CCC)c1=O. The summed E-state index contributed by atoms with van der Waals surface area (Å²) in [6.45, 7) is 11.7. The first kappa shape index (κ1) is 22.8. The number of nitrogens with zero attached hydrogens (tertiary/aromatic N) is 3. The van der Waals surface area contributed by atoms with Gasteiger partial charge in [0.2, 0.25) is 0 Å². The molecule has 0 unspecified atom stereocenters. The number of allylic oxidation sites excluding steroid dienone is 1. The Kier molecular flexibility index (Phi) is 9.09. The molecule has 6 nitrogen and oxygen atoms in total. The van der Waals surface area contributed by atoms with Crippen LogP contribution in [-0.4, -0.2) is 46.5 Å². The van der Waals surface area contributed by atoms with E-state index >= 15 is 0 Å². The molecule has 0 spiro atoms. The van der Waals surface area contributed by atoms with Gasteiger partial charge in [-0.2, -0.15) is 0 Å². The first-order chi connectivity index (χ1) is 14.0. The Morgan fingerprint density at radius 1 is 1.34 bits per heavy atom. The predicted octanol–water partition coefficient (Wildman–Crippen LogP) is 3.60. The molecule has 0 bridgehead atoms. The van der Waals surface area contributed by atoms with Crippen LogP contribution in [0.15, 0.2) is 47.9 Å². The number of nitrogens with one attached hydrogen (secondary N) is 1. The molecule has 1 heterocycles. The van der Waals surface area contributed by atoms with Crippen molar-refractivity contribution < 1.29 is 4.79 Å². The number of halogens is 1. The Hall–Kier alpha value is -2.44. The fourth-order valence-electron chi connectivity index (χ4n) is 3.15. The lowest BCUT2D eigenvalue weighted by Gasteiger charge is -2.19. The monoisotopic (exact) mass is 416 g/mol. The normalized spacial score (nSPS) is 10.9. The maximum Gasteiger partial charge on any atom is 0.266 e. The summed E-state index contributed by atoms with van der Waals surface area (Å²) >= 11 is 6.07. The zero-order valence-corrected chi connectivity index (χ0v) is 17.9. The Bertz CT molecular complexity index is 895. The molecule has 0 saturated heterocycles. The van der Waals surface area contributed by atoms with Crippen LogP contribution in [0.5, 0.6) is 0 Å². The minimum atomic E-state index is -0.406. The van der Waals surface area contributed by atoms with E-state index in [4.69, 9.17) is 11.6 Å². The third-order valence-electron chi connectivity index (χ3n) is 4.61. The number of hydrogen-bond donors (Lipinski definition) is 1. The van der Waals surface area contributed by atoms with E-state index in [1.54, 1.807) is 24.3 Å². The van der Waals surface area contributed by atoms with Gasteiger partial charge in [-0.05, 0) is 44.6 Å². The molecule has 1 amide bonds. The van der Waals surface area contributed by atoms with Crippen LogP contribution in [0.2, 0.25) is 5.02 Å². The number of hydrogen-bond acceptors (Lipinski definition) is 4. The van der Waals surface area contributed by atoms with E-state index in [1.165, 1.54) is 10.8 Å². The molecule has 1 aromatic heterocycles. The standard InChI is InChI=1S/C22H29ClN4O2/c1-4-12-26(6-3)14-8-11-24-21(28)19-16-25-20(27(13-5-2)22(19)29)17-9-7-10-18(23)15-17/h5,7,9-10,15-16H,2,4,6,8,11-14H2,1,3H3,(H,24,28). The summed E-state index contributed by atoms with van der Waals surface area (Å²) in [6, 6.07) is 7.10. The van der Waals surface area contributed by atoms with Gasteiger partial charge in [-0.3, -0.25) is 14.2 Å². The van der Waals surface area contributed by atoms with Gasteiger partial charge in [-0.25, -0.2) is 4.98 Å². The molecule has 2 aromatic rings. The van der Waals surface area contributed by atoms with Crippen LogP contribution in [0.3, 0.4) is 0 Å².